The van der Waals surface area contributed by atoms with Crippen molar-refractivity contribution in [3.63, 3.8) is 0 Å². The van der Waals surface area contributed by atoms with E-state index >= 15 is 0 Å². The molecule has 0 atom stereocenters. The van der Waals surface area contributed by atoms with Crippen molar-refractivity contribution in [3.8, 4) is 0 Å². The van der Waals surface area contributed by atoms with E-state index in [0.29, 0.717) is 5.96 Å². The molecule has 2 heterocycles. The summed E-state index contributed by atoms with van der Waals surface area (Å²) >= 11 is 0. The van der Waals surface area contributed by atoms with Crippen LogP contribution < -0.4 is 11.1 Å². The minimum absolute atomic E-state index is 0. The highest BCUT2D eigenvalue weighted by molar-refractivity contribution is 5.96. The largest absolute Gasteiger partial charge is 0.368 e. The van der Waals surface area contributed by atoms with Gasteiger partial charge in [-0.15, -0.1) is 12.4 Å². The van der Waals surface area contributed by atoms with E-state index in [1.807, 2.05) is 13.8 Å². The van der Waals surface area contributed by atoms with E-state index in [1.54, 1.807) is 0 Å². The van der Waals surface area contributed by atoms with Gasteiger partial charge in [0.15, 0.2) is 0 Å². The summed E-state index contributed by atoms with van der Waals surface area (Å²) in [4.78, 5) is 10.6. The van der Waals surface area contributed by atoms with E-state index in [1.165, 1.54) is 0 Å². The van der Waals surface area contributed by atoms with Crippen LogP contribution in [0.1, 0.15) is 20.3 Å². The summed E-state index contributed by atoms with van der Waals surface area (Å²) < 4.78 is 0. The molecule has 0 spiro atoms. The molecule has 0 saturated carbocycles. The van der Waals surface area contributed by atoms with E-state index in [4.69, 9.17) is 5.73 Å². The molecule has 0 amide bonds. The van der Waals surface area contributed by atoms with Gasteiger partial charge < -0.3 is 16.0 Å². The molecule has 2 aliphatic rings. The first-order valence-corrected chi connectivity index (χ1v) is 4.55. The summed E-state index contributed by atoms with van der Waals surface area (Å²) in [5, 5.41) is 3.22. The molecule has 0 aliphatic carbocycles. The average molecular weight is 218 g/mol. The maximum absolute atomic E-state index is 5.61. The lowest BCUT2D eigenvalue weighted by atomic mass is 10.1. The van der Waals surface area contributed by atoms with E-state index < -0.39 is 0 Å². The van der Waals surface area contributed by atoms with Crippen LogP contribution in [0.2, 0.25) is 0 Å². The molecule has 0 aromatic carbocycles. The number of fused-ring (bicyclic) bond motifs is 1. The van der Waals surface area contributed by atoms with Gasteiger partial charge >= 0.3 is 0 Å². The number of nitrogens with two attached hydrogens (primary N) is 1. The third-order valence-electron chi connectivity index (χ3n) is 2.37. The Balaban J connectivity index is 0.000000980. The highest BCUT2D eigenvalue weighted by atomic mass is 35.5. The van der Waals surface area contributed by atoms with Crippen LogP contribution >= 0.6 is 12.4 Å². The number of guanidine groups is 2. The Labute approximate surface area is 89.9 Å². The molecule has 80 valence electrons. The Bertz CT molecular complexity index is 283. The van der Waals surface area contributed by atoms with E-state index in [9.17, 15) is 0 Å². The normalized spacial score (nSPS) is 23.7. The molecule has 0 radical (unpaired) electrons. The van der Waals surface area contributed by atoms with Gasteiger partial charge in [0.1, 0.15) is 5.66 Å². The first-order valence-electron chi connectivity index (χ1n) is 4.55. The van der Waals surface area contributed by atoms with Crippen LogP contribution in [0.4, 0.5) is 0 Å². The van der Waals surface area contributed by atoms with Crippen LogP contribution in [0.15, 0.2) is 9.98 Å². The summed E-state index contributed by atoms with van der Waals surface area (Å²) in [5.74, 6) is 1.23. The fraction of sp³-hybridized carbons (Fsp3) is 0.750. The number of rotatable bonds is 0. The second-order valence-corrected chi connectivity index (χ2v) is 3.83. The van der Waals surface area contributed by atoms with Crippen molar-refractivity contribution >= 4 is 24.3 Å². The van der Waals surface area contributed by atoms with Gasteiger partial charge in [-0.05, 0) is 20.3 Å². The van der Waals surface area contributed by atoms with Crippen LogP contribution in [0.5, 0.6) is 0 Å². The molecule has 0 aromatic rings. The number of aliphatic imine (C=N–C) groups is 2. The molecule has 1 fully saturated rings. The minimum atomic E-state index is -0.255. The topological polar surface area (TPSA) is 66.0 Å². The maximum atomic E-state index is 5.61. The van der Waals surface area contributed by atoms with Gasteiger partial charge in [-0.25, -0.2) is 4.99 Å². The zero-order chi connectivity index (χ0) is 9.47. The molecule has 2 aliphatic heterocycles. The Kier molecular flexibility index (Phi) is 2.89. The van der Waals surface area contributed by atoms with Crippen molar-refractivity contribution in [2.45, 2.75) is 25.9 Å². The Hall–Kier alpha value is -0.970. The molecule has 0 bridgehead atoms. The fourth-order valence-electron chi connectivity index (χ4n) is 1.75. The summed E-state index contributed by atoms with van der Waals surface area (Å²) in [6.07, 6.45) is 1.12. The van der Waals surface area contributed by atoms with Crippen LogP contribution in [-0.4, -0.2) is 35.6 Å². The lowest BCUT2D eigenvalue weighted by molar-refractivity contribution is 0.198. The molecule has 3 N–H and O–H groups in total. The van der Waals surface area contributed by atoms with Crippen molar-refractivity contribution in [2.24, 2.45) is 15.7 Å². The third kappa shape index (κ3) is 1.77. The molecule has 6 heteroatoms. The van der Waals surface area contributed by atoms with Gasteiger partial charge in [0, 0.05) is 13.1 Å². The van der Waals surface area contributed by atoms with Gasteiger partial charge in [-0.3, -0.25) is 0 Å². The molecule has 0 aromatic heterocycles. The van der Waals surface area contributed by atoms with Crippen molar-refractivity contribution < 1.29 is 0 Å². The lowest BCUT2D eigenvalue weighted by Gasteiger charge is -2.42. The van der Waals surface area contributed by atoms with Gasteiger partial charge in [0.2, 0.25) is 11.9 Å². The number of hydrogen-bond donors (Lipinski definition) is 2. The molecular weight excluding hydrogens is 202 g/mol. The van der Waals surface area contributed by atoms with E-state index in [0.717, 1.165) is 25.5 Å². The highest BCUT2D eigenvalue weighted by Gasteiger charge is 2.33. The van der Waals surface area contributed by atoms with Crippen LogP contribution in [-0.2, 0) is 0 Å². The van der Waals surface area contributed by atoms with Crippen molar-refractivity contribution in [1.29, 1.82) is 0 Å². The fourth-order valence-corrected chi connectivity index (χ4v) is 1.75. The summed E-state index contributed by atoms with van der Waals surface area (Å²) in [5.41, 5.74) is 5.36. The lowest BCUT2D eigenvalue weighted by Crippen LogP contribution is -2.58. The second-order valence-electron chi connectivity index (χ2n) is 3.83. The van der Waals surface area contributed by atoms with Gasteiger partial charge in [-0.1, -0.05) is 0 Å². The summed E-state index contributed by atoms with van der Waals surface area (Å²) in [7, 11) is 0. The van der Waals surface area contributed by atoms with Gasteiger partial charge in [-0.2, -0.15) is 4.99 Å². The number of nitrogens with zero attached hydrogens (tertiary/aromatic N) is 3. The van der Waals surface area contributed by atoms with Crippen molar-refractivity contribution in [2.75, 3.05) is 13.1 Å². The van der Waals surface area contributed by atoms with Crippen molar-refractivity contribution in [1.82, 2.24) is 10.2 Å². The van der Waals surface area contributed by atoms with E-state index in [2.05, 4.69) is 20.2 Å². The average Bonchev–Trinajstić information content (AvgIpc) is 2.02. The predicted molar refractivity (Wildman–Crippen MR) is 59.7 cm³/mol. The van der Waals surface area contributed by atoms with Crippen molar-refractivity contribution in [3.05, 3.63) is 0 Å². The Morgan fingerprint density at radius 1 is 1.50 bits per heavy atom. The minimum Gasteiger partial charge on any atom is -0.368 e. The standard InChI is InChI=1S/C8H15N5.ClH/c1-8(2)12-6(9)11-7-10-4-3-5-13(7)8;/h3-5H2,1-2H3,(H3,9,10,11,12);1H. The maximum Gasteiger partial charge on any atom is 0.220 e. The summed E-state index contributed by atoms with van der Waals surface area (Å²) in [6.45, 7) is 6.05. The first-order chi connectivity index (χ1) is 6.09. The third-order valence-corrected chi connectivity index (χ3v) is 2.37. The highest BCUT2D eigenvalue weighted by Crippen LogP contribution is 2.21. The molecule has 0 unspecified atom stereocenters. The van der Waals surface area contributed by atoms with Gasteiger partial charge in [0.05, 0.1) is 0 Å². The Morgan fingerprint density at radius 3 is 2.93 bits per heavy atom. The monoisotopic (exact) mass is 217 g/mol. The second kappa shape index (κ2) is 3.65. The van der Waals surface area contributed by atoms with E-state index in [-0.39, 0.29) is 18.1 Å². The zero-order valence-electron chi connectivity index (χ0n) is 8.45. The van der Waals surface area contributed by atoms with Crippen LogP contribution in [0, 0.1) is 0 Å². The molecule has 1 saturated heterocycles. The molecule has 5 nitrogen and oxygen atoms in total. The van der Waals surface area contributed by atoms with Crippen LogP contribution in [0.25, 0.3) is 0 Å². The number of hydrogen-bond acceptors (Lipinski definition) is 5. The number of halogens is 1. The summed E-state index contributed by atoms with van der Waals surface area (Å²) in [6, 6.07) is 0. The first kappa shape index (κ1) is 11.1. The quantitative estimate of drug-likeness (QED) is 0.606. The Morgan fingerprint density at radius 2 is 2.21 bits per heavy atom. The van der Waals surface area contributed by atoms with Gasteiger partial charge in [0.25, 0.3) is 0 Å². The molecule has 14 heavy (non-hydrogen) atoms. The predicted octanol–water partition coefficient (Wildman–Crippen LogP) is 0.124. The zero-order valence-corrected chi connectivity index (χ0v) is 9.27. The smallest absolute Gasteiger partial charge is 0.220 e. The van der Waals surface area contributed by atoms with Crippen LogP contribution in [0.3, 0.4) is 0 Å². The molecule has 2 rings (SSSR count). The SMILES string of the molecule is CC1(C)N=C(N)N=C2NCCCN21.Cl. The molecular formula is C8H16ClN5. The number of nitrogens with one attached hydrogen (secondary N) is 1.